The van der Waals surface area contributed by atoms with Crippen molar-refractivity contribution in [2.24, 2.45) is 0 Å². The van der Waals surface area contributed by atoms with E-state index < -0.39 is 5.82 Å². The van der Waals surface area contributed by atoms with Crippen molar-refractivity contribution in [2.75, 3.05) is 5.32 Å². The lowest BCUT2D eigenvalue weighted by Crippen LogP contribution is -2.09. The van der Waals surface area contributed by atoms with E-state index in [1.165, 1.54) is 6.07 Å². The van der Waals surface area contributed by atoms with Gasteiger partial charge in [-0.15, -0.1) is 0 Å². The zero-order valence-electron chi connectivity index (χ0n) is 10.1. The Morgan fingerprint density at radius 2 is 2.22 bits per heavy atom. The fraction of sp³-hybridized carbons (Fsp3) is 0.333. The van der Waals surface area contributed by atoms with Crippen LogP contribution in [0.25, 0.3) is 0 Å². The summed E-state index contributed by atoms with van der Waals surface area (Å²) in [6.45, 7) is 3.92. The summed E-state index contributed by atoms with van der Waals surface area (Å²) in [6, 6.07) is 5.37. The molecule has 18 heavy (non-hydrogen) atoms. The lowest BCUT2D eigenvalue weighted by atomic mass is 10.1. The topological polar surface area (TPSA) is 51.0 Å². The van der Waals surface area contributed by atoms with Crippen LogP contribution in [0.2, 0.25) is 5.02 Å². The molecule has 96 valence electrons. The predicted octanol–water partition coefficient (Wildman–Crippen LogP) is 3.27. The number of anilines is 1. The molecular weight excluding hydrogens is 257 g/mol. The third kappa shape index (κ3) is 2.98. The van der Waals surface area contributed by atoms with E-state index in [9.17, 15) is 4.39 Å². The molecule has 1 heterocycles. The summed E-state index contributed by atoms with van der Waals surface area (Å²) >= 11 is 5.70. The molecule has 0 aliphatic rings. The number of benzene rings is 1. The predicted molar refractivity (Wildman–Crippen MR) is 67.3 cm³/mol. The average molecular weight is 270 g/mol. The normalized spacial score (nSPS) is 10.9. The number of hydrogen-bond acceptors (Lipinski definition) is 4. The van der Waals surface area contributed by atoms with Crippen molar-refractivity contribution in [1.29, 1.82) is 0 Å². The summed E-state index contributed by atoms with van der Waals surface area (Å²) in [5.74, 6) is -0.0262. The third-order valence-electron chi connectivity index (χ3n) is 2.26. The van der Waals surface area contributed by atoms with Crippen molar-refractivity contribution < 1.29 is 8.91 Å². The fourth-order valence-electron chi connectivity index (χ4n) is 1.49. The van der Waals surface area contributed by atoms with Crippen molar-refractivity contribution in [3.05, 3.63) is 40.4 Å². The summed E-state index contributed by atoms with van der Waals surface area (Å²) in [4.78, 5) is 4.12. The first-order valence-corrected chi connectivity index (χ1v) is 5.96. The summed E-state index contributed by atoms with van der Waals surface area (Å²) in [5.41, 5.74) is 0.444. The minimum Gasteiger partial charge on any atom is -0.336 e. The third-order valence-corrected chi connectivity index (χ3v) is 2.55. The molecule has 0 fully saturated rings. The number of nitrogens with one attached hydrogen (secondary N) is 1. The number of hydrogen-bond donors (Lipinski definition) is 1. The van der Waals surface area contributed by atoms with Crippen molar-refractivity contribution in [3.8, 4) is 0 Å². The van der Waals surface area contributed by atoms with Crippen molar-refractivity contribution in [2.45, 2.75) is 26.3 Å². The molecule has 0 unspecified atom stereocenters. The van der Waals surface area contributed by atoms with E-state index in [1.54, 1.807) is 12.1 Å². The molecule has 1 N–H and O–H groups in total. The molecule has 0 atom stereocenters. The zero-order chi connectivity index (χ0) is 13.1. The van der Waals surface area contributed by atoms with E-state index in [0.29, 0.717) is 17.4 Å². The molecule has 0 spiro atoms. The molecule has 2 rings (SSSR count). The highest BCUT2D eigenvalue weighted by Crippen LogP contribution is 2.20. The molecule has 0 saturated carbocycles. The van der Waals surface area contributed by atoms with Crippen LogP contribution in [0.5, 0.6) is 0 Å². The molecule has 0 amide bonds. The van der Waals surface area contributed by atoms with Crippen molar-refractivity contribution in [3.63, 3.8) is 0 Å². The monoisotopic (exact) mass is 269 g/mol. The van der Waals surface area contributed by atoms with Gasteiger partial charge in [-0.05, 0) is 25.5 Å². The lowest BCUT2D eigenvalue weighted by molar-refractivity contribution is 0.421. The summed E-state index contributed by atoms with van der Waals surface area (Å²) in [7, 11) is 0. The maximum atomic E-state index is 13.7. The fourth-order valence-corrected chi connectivity index (χ4v) is 1.68. The Morgan fingerprint density at radius 1 is 1.44 bits per heavy atom. The van der Waals surface area contributed by atoms with Crippen LogP contribution in [-0.4, -0.2) is 16.2 Å². The average Bonchev–Trinajstić information content (AvgIpc) is 2.71. The maximum absolute atomic E-state index is 13.7. The smallest absolute Gasteiger partial charge is 0.321 e. The van der Waals surface area contributed by atoms with E-state index in [1.807, 2.05) is 13.8 Å². The van der Waals surface area contributed by atoms with Gasteiger partial charge in [0.15, 0.2) is 5.82 Å². The highest BCUT2D eigenvalue weighted by molar-refractivity contribution is 6.30. The van der Waals surface area contributed by atoms with Gasteiger partial charge in [-0.1, -0.05) is 28.9 Å². The van der Waals surface area contributed by atoms with Crippen LogP contribution >= 0.6 is 11.6 Å². The van der Waals surface area contributed by atoms with Gasteiger partial charge >= 0.3 is 6.01 Å². The number of halogens is 2. The second-order valence-electron chi connectivity index (χ2n) is 4.20. The van der Waals surface area contributed by atoms with Gasteiger partial charge in [0.05, 0.1) is 5.02 Å². The van der Waals surface area contributed by atoms with Crippen LogP contribution in [0.15, 0.2) is 22.7 Å². The number of nitrogens with zero attached hydrogens (tertiary/aromatic N) is 2. The quantitative estimate of drug-likeness (QED) is 0.925. The Morgan fingerprint density at radius 3 is 2.94 bits per heavy atom. The van der Waals surface area contributed by atoms with Gasteiger partial charge in [0.2, 0.25) is 0 Å². The van der Waals surface area contributed by atoms with Crippen LogP contribution in [0.3, 0.4) is 0 Å². The Bertz CT molecular complexity index is 542. The largest absolute Gasteiger partial charge is 0.336 e. The van der Waals surface area contributed by atoms with Crippen LogP contribution < -0.4 is 5.32 Å². The Labute approximate surface area is 109 Å². The molecule has 0 bridgehead atoms. The van der Waals surface area contributed by atoms with Gasteiger partial charge in [-0.2, -0.15) is 4.98 Å². The first kappa shape index (κ1) is 12.8. The summed E-state index contributed by atoms with van der Waals surface area (Å²) < 4.78 is 18.7. The Hall–Kier alpha value is -1.62. The molecular formula is C12H13ClFN3O. The van der Waals surface area contributed by atoms with Gasteiger partial charge in [-0.3, -0.25) is 0 Å². The summed E-state index contributed by atoms with van der Waals surface area (Å²) in [6.07, 6.45) is 0.246. The Kier molecular flexibility index (Phi) is 3.81. The van der Waals surface area contributed by atoms with Gasteiger partial charge in [0, 0.05) is 12.5 Å². The first-order chi connectivity index (χ1) is 8.56. The van der Waals surface area contributed by atoms with Crippen LogP contribution in [0, 0.1) is 5.82 Å². The van der Waals surface area contributed by atoms with Gasteiger partial charge < -0.3 is 9.84 Å². The zero-order valence-corrected chi connectivity index (χ0v) is 10.8. The minimum atomic E-state index is -0.442. The van der Waals surface area contributed by atoms with E-state index in [-0.39, 0.29) is 17.5 Å². The van der Waals surface area contributed by atoms with E-state index >= 15 is 0 Å². The van der Waals surface area contributed by atoms with Crippen LogP contribution in [0.1, 0.15) is 25.2 Å². The number of rotatable bonds is 4. The summed E-state index contributed by atoms with van der Waals surface area (Å²) in [5, 5.41) is 6.85. The van der Waals surface area contributed by atoms with Gasteiger partial charge in [0.25, 0.3) is 0 Å². The molecule has 0 aliphatic heterocycles. The highest BCUT2D eigenvalue weighted by atomic mass is 35.5. The minimum absolute atomic E-state index is 0.0940. The maximum Gasteiger partial charge on any atom is 0.321 e. The van der Waals surface area contributed by atoms with E-state index in [4.69, 9.17) is 16.1 Å². The highest BCUT2D eigenvalue weighted by Gasteiger charge is 2.12. The molecule has 1 aromatic heterocycles. The van der Waals surface area contributed by atoms with Gasteiger partial charge in [0.1, 0.15) is 5.82 Å². The molecule has 0 radical (unpaired) electrons. The molecule has 1 aromatic carbocycles. The molecule has 0 saturated heterocycles. The van der Waals surface area contributed by atoms with E-state index in [2.05, 4.69) is 15.5 Å². The second kappa shape index (κ2) is 5.35. The molecule has 0 aliphatic carbocycles. The second-order valence-corrected chi connectivity index (χ2v) is 4.61. The molecule has 4 nitrogen and oxygen atoms in total. The molecule has 2 aromatic rings. The van der Waals surface area contributed by atoms with E-state index in [0.717, 1.165) is 0 Å². The Balaban J connectivity index is 2.14. The SMILES string of the molecule is CC(C)Nc1nc(Cc2cccc(Cl)c2F)no1. The molecule has 6 heteroatoms. The standard InChI is InChI=1S/C12H13ClFN3O/c1-7(2)15-12-16-10(17-18-12)6-8-4-3-5-9(13)11(8)14/h3-5,7H,6H2,1-2H3,(H,15,16,17). The van der Waals surface area contributed by atoms with Crippen LogP contribution in [-0.2, 0) is 6.42 Å². The lowest BCUT2D eigenvalue weighted by Gasteiger charge is -2.02. The van der Waals surface area contributed by atoms with Crippen molar-refractivity contribution >= 4 is 17.6 Å². The van der Waals surface area contributed by atoms with Crippen molar-refractivity contribution in [1.82, 2.24) is 10.1 Å². The van der Waals surface area contributed by atoms with Crippen LogP contribution in [0.4, 0.5) is 10.4 Å². The first-order valence-electron chi connectivity index (χ1n) is 5.58. The number of aromatic nitrogens is 2. The van der Waals surface area contributed by atoms with Gasteiger partial charge in [-0.25, -0.2) is 4.39 Å².